The minimum Gasteiger partial charge on any atom is -0.208 e. The van der Waals surface area contributed by atoms with Gasteiger partial charge in [0, 0.05) is 39.3 Å². The summed E-state index contributed by atoms with van der Waals surface area (Å²) in [5, 5.41) is 2.41. The highest BCUT2D eigenvalue weighted by molar-refractivity contribution is 5.88. The molecule has 2 atom stereocenters. The van der Waals surface area contributed by atoms with Crippen molar-refractivity contribution >= 4 is 16.3 Å². The van der Waals surface area contributed by atoms with Crippen LogP contribution in [0.5, 0.6) is 0 Å². The van der Waals surface area contributed by atoms with Crippen LogP contribution in [0.4, 0.5) is 0 Å². The lowest BCUT2D eigenvalue weighted by molar-refractivity contribution is 0.637. The average molecular weight is 759 g/mol. The predicted molar refractivity (Wildman–Crippen MR) is 239 cm³/mol. The van der Waals surface area contributed by atoms with Crippen molar-refractivity contribution in [3.63, 3.8) is 0 Å². The van der Waals surface area contributed by atoms with Crippen LogP contribution in [0.1, 0.15) is 24.2 Å². The Kier molecular flexibility index (Phi) is 9.49. The number of aromatic nitrogens is 6. The van der Waals surface area contributed by atoms with E-state index in [0.29, 0.717) is 34.9 Å². The fraction of sp³-hybridized carbons (Fsp3) is 0.0566. The first-order valence-corrected chi connectivity index (χ1v) is 19.9. The molecule has 0 bridgehead atoms. The SMILES string of the molecule is CC1C=C(c2nc(-c3ccccc3)nc(-c3ccccc3)n2)C=CC1c1ccc2cc(-c3ccc(-c4nc(-c5ccccc5)nc(-c5ccccc5)n4)cc3)ccc2c1. The van der Waals surface area contributed by atoms with Crippen LogP contribution < -0.4 is 0 Å². The Morgan fingerprint density at radius 1 is 0.339 bits per heavy atom. The van der Waals surface area contributed by atoms with E-state index in [9.17, 15) is 0 Å². The molecule has 0 saturated carbocycles. The van der Waals surface area contributed by atoms with E-state index >= 15 is 0 Å². The van der Waals surface area contributed by atoms with Crippen LogP contribution >= 0.6 is 0 Å². The summed E-state index contributed by atoms with van der Waals surface area (Å²) in [5.41, 5.74) is 9.34. The maximum atomic E-state index is 4.96. The van der Waals surface area contributed by atoms with Crippen molar-refractivity contribution in [3.8, 4) is 68.1 Å². The minimum atomic E-state index is 0.222. The van der Waals surface area contributed by atoms with Crippen LogP contribution in [0.15, 0.2) is 200 Å². The quantitative estimate of drug-likeness (QED) is 0.154. The van der Waals surface area contributed by atoms with E-state index in [0.717, 1.165) is 44.5 Å². The first-order valence-electron chi connectivity index (χ1n) is 19.9. The Morgan fingerprint density at radius 2 is 0.712 bits per heavy atom. The van der Waals surface area contributed by atoms with Crippen LogP contribution in [0.3, 0.4) is 0 Å². The summed E-state index contributed by atoms with van der Waals surface area (Å²) in [4.78, 5) is 29.4. The predicted octanol–water partition coefficient (Wildman–Crippen LogP) is 12.6. The van der Waals surface area contributed by atoms with Gasteiger partial charge in [0.2, 0.25) is 0 Å². The molecule has 59 heavy (non-hydrogen) atoms. The molecule has 0 fully saturated rings. The van der Waals surface area contributed by atoms with E-state index < -0.39 is 0 Å². The van der Waals surface area contributed by atoms with Gasteiger partial charge in [-0.25, -0.2) is 29.9 Å². The van der Waals surface area contributed by atoms with Crippen molar-refractivity contribution < 1.29 is 0 Å². The van der Waals surface area contributed by atoms with E-state index in [1.807, 2.05) is 121 Å². The lowest BCUT2D eigenvalue weighted by atomic mass is 9.81. The molecule has 2 heterocycles. The van der Waals surface area contributed by atoms with Crippen molar-refractivity contribution in [2.45, 2.75) is 12.8 Å². The molecule has 9 aromatic rings. The van der Waals surface area contributed by atoms with Crippen LogP contribution in [0, 0.1) is 5.92 Å². The lowest BCUT2D eigenvalue weighted by Gasteiger charge is -2.24. The van der Waals surface area contributed by atoms with Gasteiger partial charge in [-0.15, -0.1) is 0 Å². The fourth-order valence-electron chi connectivity index (χ4n) is 7.73. The Balaban J connectivity index is 0.901. The first-order chi connectivity index (χ1) is 29.1. The normalized spacial score (nSPS) is 14.9. The van der Waals surface area contributed by atoms with Gasteiger partial charge < -0.3 is 0 Å². The molecule has 10 rings (SSSR count). The van der Waals surface area contributed by atoms with Crippen molar-refractivity contribution in [2.24, 2.45) is 5.92 Å². The minimum absolute atomic E-state index is 0.222. The topological polar surface area (TPSA) is 77.3 Å². The molecule has 0 aliphatic heterocycles. The molecule has 0 radical (unpaired) electrons. The highest BCUT2D eigenvalue weighted by Crippen LogP contribution is 2.37. The summed E-state index contributed by atoms with van der Waals surface area (Å²) in [6.45, 7) is 2.27. The third kappa shape index (κ3) is 7.47. The van der Waals surface area contributed by atoms with Crippen molar-refractivity contribution in [2.75, 3.05) is 0 Å². The van der Waals surface area contributed by atoms with E-state index in [1.54, 1.807) is 0 Å². The summed E-state index contributed by atoms with van der Waals surface area (Å²) < 4.78 is 0. The van der Waals surface area contributed by atoms with Gasteiger partial charge in [-0.3, -0.25) is 0 Å². The van der Waals surface area contributed by atoms with E-state index in [2.05, 4.69) is 85.8 Å². The average Bonchev–Trinajstić information content (AvgIpc) is 3.32. The van der Waals surface area contributed by atoms with Crippen molar-refractivity contribution in [1.82, 2.24) is 29.9 Å². The molecule has 1 aliphatic carbocycles. The zero-order valence-electron chi connectivity index (χ0n) is 32.4. The molecule has 0 amide bonds. The van der Waals surface area contributed by atoms with Crippen LogP contribution in [0.25, 0.3) is 84.4 Å². The molecular formula is C53H38N6. The van der Waals surface area contributed by atoms with Gasteiger partial charge in [-0.05, 0) is 39.4 Å². The van der Waals surface area contributed by atoms with Crippen molar-refractivity contribution in [3.05, 3.63) is 212 Å². The Labute approximate surface area is 343 Å². The number of hydrogen-bond donors (Lipinski definition) is 0. The molecule has 0 spiro atoms. The maximum Gasteiger partial charge on any atom is 0.164 e. The third-order valence-electron chi connectivity index (χ3n) is 10.9. The number of allylic oxidation sites excluding steroid dienone is 4. The molecule has 6 nitrogen and oxygen atoms in total. The highest BCUT2D eigenvalue weighted by atomic mass is 15.0. The zero-order chi connectivity index (χ0) is 39.5. The Bertz CT molecular complexity index is 2870. The van der Waals surface area contributed by atoms with Gasteiger partial charge in [0.25, 0.3) is 0 Å². The molecular weight excluding hydrogens is 721 g/mol. The van der Waals surface area contributed by atoms with Gasteiger partial charge in [-0.1, -0.05) is 201 Å². The van der Waals surface area contributed by atoms with E-state index in [4.69, 9.17) is 29.9 Å². The standard InChI is InChI=1S/C53H38N6/c1-35-32-46(53-58-50(39-18-10-4-11-19-39)55-51(59-53)40-20-12-5-13-21-40)30-31-47(35)45-29-28-43-33-42(26-27-44(43)34-45)36-22-24-41(25-23-36)52-56-48(37-14-6-2-7-15-37)54-49(57-52)38-16-8-3-9-17-38/h2-35,47H,1H3. The first kappa shape index (κ1) is 35.7. The summed E-state index contributed by atoms with van der Waals surface area (Å²) in [6, 6.07) is 62.4. The van der Waals surface area contributed by atoms with Crippen LogP contribution in [-0.4, -0.2) is 29.9 Å². The van der Waals surface area contributed by atoms with E-state index in [-0.39, 0.29) is 11.8 Å². The molecule has 6 heteroatoms. The summed E-state index contributed by atoms with van der Waals surface area (Å²) in [6.07, 6.45) is 6.76. The van der Waals surface area contributed by atoms with Gasteiger partial charge in [0.15, 0.2) is 34.9 Å². The van der Waals surface area contributed by atoms with Crippen LogP contribution in [-0.2, 0) is 0 Å². The fourth-order valence-corrected chi connectivity index (χ4v) is 7.73. The largest absolute Gasteiger partial charge is 0.208 e. The zero-order valence-corrected chi connectivity index (χ0v) is 32.4. The molecule has 7 aromatic carbocycles. The number of hydrogen-bond acceptors (Lipinski definition) is 6. The summed E-state index contributed by atoms with van der Waals surface area (Å²) in [7, 11) is 0. The summed E-state index contributed by atoms with van der Waals surface area (Å²) >= 11 is 0. The van der Waals surface area contributed by atoms with Gasteiger partial charge >= 0.3 is 0 Å². The van der Waals surface area contributed by atoms with Gasteiger partial charge in [0.1, 0.15) is 0 Å². The van der Waals surface area contributed by atoms with Gasteiger partial charge in [-0.2, -0.15) is 0 Å². The molecule has 0 saturated heterocycles. The third-order valence-corrected chi connectivity index (χ3v) is 10.9. The maximum absolute atomic E-state index is 4.96. The number of rotatable bonds is 8. The lowest BCUT2D eigenvalue weighted by Crippen LogP contribution is -2.11. The molecule has 0 N–H and O–H groups in total. The molecule has 280 valence electrons. The second kappa shape index (κ2) is 15.7. The molecule has 2 aromatic heterocycles. The number of fused-ring (bicyclic) bond motifs is 1. The highest BCUT2D eigenvalue weighted by Gasteiger charge is 2.22. The summed E-state index contributed by atoms with van der Waals surface area (Å²) in [5.74, 6) is 4.42. The molecule has 2 unspecified atom stereocenters. The molecule has 1 aliphatic rings. The van der Waals surface area contributed by atoms with Gasteiger partial charge in [0.05, 0.1) is 0 Å². The smallest absolute Gasteiger partial charge is 0.164 e. The van der Waals surface area contributed by atoms with Crippen LogP contribution in [0.2, 0.25) is 0 Å². The second-order valence-corrected chi connectivity index (χ2v) is 14.8. The van der Waals surface area contributed by atoms with Crippen molar-refractivity contribution in [1.29, 1.82) is 0 Å². The Morgan fingerprint density at radius 3 is 1.17 bits per heavy atom. The number of benzene rings is 7. The Hall–Kier alpha value is -7.70. The monoisotopic (exact) mass is 758 g/mol. The number of nitrogens with zero attached hydrogens (tertiary/aromatic N) is 6. The second-order valence-electron chi connectivity index (χ2n) is 14.8. The van der Waals surface area contributed by atoms with E-state index in [1.165, 1.54) is 16.3 Å².